The fourth-order valence-corrected chi connectivity index (χ4v) is 2.16. The number of aliphatic hydroxyl groups excluding tert-OH is 1. The van der Waals surface area contributed by atoms with Crippen molar-refractivity contribution < 1.29 is 9.90 Å². The van der Waals surface area contributed by atoms with Crippen LogP contribution in [0.5, 0.6) is 0 Å². The lowest BCUT2D eigenvalue weighted by molar-refractivity contribution is -0.127. The van der Waals surface area contributed by atoms with Crippen LogP contribution in [0, 0.1) is 5.92 Å². The number of carbonyl (C=O) groups excluding carboxylic acids is 1. The highest BCUT2D eigenvalue weighted by molar-refractivity contribution is 5.86. The van der Waals surface area contributed by atoms with Gasteiger partial charge >= 0.3 is 0 Å². The second-order valence-corrected chi connectivity index (χ2v) is 5.14. The second kappa shape index (κ2) is 5.36. The molecule has 0 bridgehead atoms. The van der Waals surface area contributed by atoms with E-state index in [0.29, 0.717) is 12.8 Å². The number of benzene rings is 1. The van der Waals surface area contributed by atoms with Crippen LogP contribution < -0.4 is 0 Å². The number of hydrogen-bond acceptors (Lipinski definition) is 2. The van der Waals surface area contributed by atoms with Gasteiger partial charge in [-0.05, 0) is 17.5 Å². The molecule has 2 rings (SSSR count). The summed E-state index contributed by atoms with van der Waals surface area (Å²) in [6.07, 6.45) is 1.79. The first-order valence-corrected chi connectivity index (χ1v) is 6.33. The van der Waals surface area contributed by atoms with Crippen LogP contribution >= 0.6 is 0 Å². The molecule has 0 aliphatic carbocycles. The molecule has 2 aromatic rings. The Hall–Kier alpha value is -1.61. The number of aromatic nitrogens is 1. The number of aliphatic hydroxyl groups is 1. The maximum Gasteiger partial charge on any atom is 0.161 e. The molecule has 0 aliphatic rings. The van der Waals surface area contributed by atoms with Gasteiger partial charge in [0.1, 0.15) is 6.10 Å². The summed E-state index contributed by atoms with van der Waals surface area (Å²) in [5, 5.41) is 11.0. The Labute approximate surface area is 107 Å². The molecule has 0 amide bonds. The average Bonchev–Trinajstić information content (AvgIpc) is 2.72. The average molecular weight is 245 g/mol. The normalized spacial score (nSPS) is 13.1. The minimum absolute atomic E-state index is 0.0738. The van der Waals surface area contributed by atoms with Crippen molar-refractivity contribution in [3.63, 3.8) is 0 Å². The van der Waals surface area contributed by atoms with E-state index in [9.17, 15) is 9.90 Å². The number of fused-ring (bicyclic) bond motifs is 1. The third-order valence-corrected chi connectivity index (χ3v) is 3.07. The van der Waals surface area contributed by atoms with E-state index in [2.05, 4.69) is 4.98 Å². The van der Waals surface area contributed by atoms with Crippen LogP contribution in [0.3, 0.4) is 0 Å². The zero-order valence-electron chi connectivity index (χ0n) is 10.8. The lowest BCUT2D eigenvalue weighted by Gasteiger charge is -2.10. The molecule has 2 N–H and O–H groups in total. The molecule has 1 unspecified atom stereocenters. The number of rotatable bonds is 5. The van der Waals surface area contributed by atoms with E-state index < -0.39 is 6.10 Å². The van der Waals surface area contributed by atoms with Crippen LogP contribution in [0.2, 0.25) is 0 Å². The Balaban J connectivity index is 2.11. The molecule has 1 aromatic heterocycles. The first-order chi connectivity index (χ1) is 8.58. The second-order valence-electron chi connectivity index (χ2n) is 5.14. The van der Waals surface area contributed by atoms with Gasteiger partial charge in [-0.25, -0.2) is 0 Å². The Morgan fingerprint density at radius 2 is 2.06 bits per heavy atom. The molecular weight excluding hydrogens is 226 g/mol. The number of nitrogens with one attached hydrogen (secondary N) is 1. The van der Waals surface area contributed by atoms with Crippen LogP contribution in [0.15, 0.2) is 30.5 Å². The molecular formula is C15H19NO2. The molecule has 0 fully saturated rings. The summed E-state index contributed by atoms with van der Waals surface area (Å²) in [7, 11) is 0. The summed E-state index contributed by atoms with van der Waals surface area (Å²) >= 11 is 0. The largest absolute Gasteiger partial charge is 0.385 e. The van der Waals surface area contributed by atoms with Gasteiger partial charge in [0.05, 0.1) is 0 Å². The first kappa shape index (κ1) is 12.8. The molecule has 1 heterocycles. The third-order valence-electron chi connectivity index (χ3n) is 3.07. The van der Waals surface area contributed by atoms with Crippen LogP contribution in [-0.4, -0.2) is 22.0 Å². The zero-order valence-corrected chi connectivity index (χ0v) is 10.8. The lowest BCUT2D eigenvalue weighted by Crippen LogP contribution is -2.24. The van der Waals surface area contributed by atoms with Crippen LogP contribution in [0.25, 0.3) is 10.9 Å². The van der Waals surface area contributed by atoms with Crippen molar-refractivity contribution in [3.8, 4) is 0 Å². The Kier molecular flexibility index (Phi) is 3.82. The molecule has 3 nitrogen and oxygen atoms in total. The van der Waals surface area contributed by atoms with Gasteiger partial charge < -0.3 is 10.1 Å². The minimum atomic E-state index is -0.897. The number of H-pyrrole nitrogens is 1. The molecule has 3 heteroatoms. The highest BCUT2D eigenvalue weighted by Crippen LogP contribution is 2.19. The Bertz CT molecular complexity index is 542. The SMILES string of the molecule is CC(C)CC(=O)C(O)Cc1c[nH]c2ccccc12. The van der Waals surface area contributed by atoms with Crippen LogP contribution in [0.4, 0.5) is 0 Å². The van der Waals surface area contributed by atoms with Gasteiger partial charge in [0.2, 0.25) is 0 Å². The first-order valence-electron chi connectivity index (χ1n) is 6.33. The van der Waals surface area contributed by atoms with Gasteiger partial charge in [-0.3, -0.25) is 4.79 Å². The van der Waals surface area contributed by atoms with E-state index in [4.69, 9.17) is 0 Å². The summed E-state index contributed by atoms with van der Waals surface area (Å²) in [5.74, 6) is 0.213. The predicted octanol–water partition coefficient (Wildman–Crippen LogP) is 2.69. The monoisotopic (exact) mass is 245 g/mol. The molecule has 1 aromatic carbocycles. The van der Waals surface area contributed by atoms with Crippen molar-refractivity contribution in [2.75, 3.05) is 0 Å². The fraction of sp³-hybridized carbons (Fsp3) is 0.400. The number of carbonyl (C=O) groups is 1. The number of Topliss-reactive ketones (excluding diaryl/α,β-unsaturated/α-hetero) is 1. The molecule has 0 spiro atoms. The minimum Gasteiger partial charge on any atom is -0.385 e. The van der Waals surface area contributed by atoms with Gasteiger partial charge in [0.15, 0.2) is 5.78 Å². The highest BCUT2D eigenvalue weighted by Gasteiger charge is 2.18. The van der Waals surface area contributed by atoms with Gasteiger partial charge in [-0.15, -0.1) is 0 Å². The number of aromatic amines is 1. The Morgan fingerprint density at radius 3 is 2.78 bits per heavy atom. The van der Waals surface area contributed by atoms with Gasteiger partial charge in [0, 0.05) is 29.9 Å². The smallest absolute Gasteiger partial charge is 0.161 e. The molecule has 0 radical (unpaired) electrons. The Morgan fingerprint density at radius 1 is 1.33 bits per heavy atom. The van der Waals surface area contributed by atoms with E-state index in [-0.39, 0.29) is 11.7 Å². The van der Waals surface area contributed by atoms with Crippen molar-refractivity contribution in [1.29, 1.82) is 0 Å². The van der Waals surface area contributed by atoms with Crippen LogP contribution in [0.1, 0.15) is 25.8 Å². The van der Waals surface area contributed by atoms with E-state index in [1.807, 2.05) is 44.3 Å². The van der Waals surface area contributed by atoms with Crippen molar-refractivity contribution >= 4 is 16.7 Å². The van der Waals surface area contributed by atoms with Gasteiger partial charge in [-0.1, -0.05) is 32.0 Å². The summed E-state index contributed by atoms with van der Waals surface area (Å²) in [5.41, 5.74) is 2.03. The summed E-state index contributed by atoms with van der Waals surface area (Å²) < 4.78 is 0. The maximum atomic E-state index is 11.8. The molecule has 0 saturated carbocycles. The van der Waals surface area contributed by atoms with Crippen LogP contribution in [-0.2, 0) is 11.2 Å². The molecule has 0 aliphatic heterocycles. The van der Waals surface area contributed by atoms with Gasteiger partial charge in [-0.2, -0.15) is 0 Å². The van der Waals surface area contributed by atoms with E-state index >= 15 is 0 Å². The maximum absolute atomic E-state index is 11.8. The van der Waals surface area contributed by atoms with Crippen molar-refractivity contribution in [2.24, 2.45) is 5.92 Å². The van der Waals surface area contributed by atoms with E-state index in [0.717, 1.165) is 16.5 Å². The van der Waals surface area contributed by atoms with Crippen molar-refractivity contribution in [1.82, 2.24) is 4.98 Å². The molecule has 0 saturated heterocycles. The third kappa shape index (κ3) is 2.79. The molecule has 18 heavy (non-hydrogen) atoms. The number of ketones is 1. The standard InChI is InChI=1S/C15H19NO2/c1-10(2)7-14(17)15(18)8-11-9-16-13-6-4-3-5-12(11)13/h3-6,9-10,15-16,18H,7-8H2,1-2H3. The van der Waals surface area contributed by atoms with Crippen molar-refractivity contribution in [3.05, 3.63) is 36.0 Å². The summed E-state index contributed by atoms with van der Waals surface area (Å²) in [4.78, 5) is 14.9. The number of hydrogen-bond donors (Lipinski definition) is 2. The van der Waals surface area contributed by atoms with E-state index in [1.165, 1.54) is 0 Å². The fourth-order valence-electron chi connectivity index (χ4n) is 2.16. The number of para-hydroxylation sites is 1. The predicted molar refractivity (Wildman–Crippen MR) is 72.5 cm³/mol. The topological polar surface area (TPSA) is 53.1 Å². The lowest BCUT2D eigenvalue weighted by atomic mass is 9.98. The van der Waals surface area contributed by atoms with Gasteiger partial charge in [0.25, 0.3) is 0 Å². The molecule has 96 valence electrons. The summed E-state index contributed by atoms with van der Waals surface area (Å²) in [6, 6.07) is 7.91. The quantitative estimate of drug-likeness (QED) is 0.851. The zero-order chi connectivity index (χ0) is 13.1. The van der Waals surface area contributed by atoms with Crippen molar-refractivity contribution in [2.45, 2.75) is 32.8 Å². The summed E-state index contributed by atoms with van der Waals surface area (Å²) in [6.45, 7) is 3.96. The van der Waals surface area contributed by atoms with E-state index in [1.54, 1.807) is 0 Å². The highest BCUT2D eigenvalue weighted by atomic mass is 16.3. The molecule has 1 atom stereocenters.